The van der Waals surface area contributed by atoms with Gasteiger partial charge in [-0.05, 0) is 49.2 Å². The van der Waals surface area contributed by atoms with Crippen molar-refractivity contribution in [2.75, 3.05) is 27.3 Å². The van der Waals surface area contributed by atoms with Crippen LogP contribution in [0.25, 0.3) is 0 Å². The normalized spacial score (nSPS) is 19.1. The highest BCUT2D eigenvalue weighted by atomic mass is 16.7. The fourth-order valence-electron chi connectivity index (χ4n) is 4.23. The summed E-state index contributed by atoms with van der Waals surface area (Å²) >= 11 is 0. The largest absolute Gasteiger partial charge is 0.703 e. The summed E-state index contributed by atoms with van der Waals surface area (Å²) in [6, 6.07) is 10.7. The summed E-state index contributed by atoms with van der Waals surface area (Å²) in [7, 11) is 3.36. The second-order valence-corrected chi connectivity index (χ2v) is 7.62. The average molecular weight is 394 g/mol. The number of methoxy groups -OCH3 is 2. The van der Waals surface area contributed by atoms with Gasteiger partial charge in [0, 0.05) is 12.8 Å². The van der Waals surface area contributed by atoms with Crippen LogP contribution in [0.4, 0.5) is 0 Å². The molecule has 1 saturated heterocycles. The molecule has 0 unspecified atom stereocenters. The predicted molar refractivity (Wildman–Crippen MR) is 109 cm³/mol. The van der Waals surface area contributed by atoms with Crippen molar-refractivity contribution in [1.29, 1.82) is 0 Å². The van der Waals surface area contributed by atoms with Crippen LogP contribution in [0.3, 0.4) is 0 Å². The van der Waals surface area contributed by atoms with Gasteiger partial charge in [-0.1, -0.05) is 9.15 Å². The molecule has 0 aliphatic carbocycles. The minimum absolute atomic E-state index is 0.789. The van der Waals surface area contributed by atoms with E-state index in [4.69, 9.17) is 18.9 Å². The van der Waals surface area contributed by atoms with Crippen LogP contribution in [0.2, 0.25) is 0 Å². The summed E-state index contributed by atoms with van der Waals surface area (Å²) in [6.07, 6.45) is 8.85. The van der Waals surface area contributed by atoms with Gasteiger partial charge in [-0.25, -0.2) is 0 Å². The number of rotatable bonds is 2. The molecule has 0 aromatic heterocycles. The van der Waals surface area contributed by atoms with E-state index >= 15 is 0 Å². The van der Waals surface area contributed by atoms with E-state index in [1.807, 2.05) is 36.4 Å². The van der Waals surface area contributed by atoms with E-state index in [2.05, 4.69) is 21.6 Å². The van der Waals surface area contributed by atoms with E-state index in [0.29, 0.717) is 0 Å². The molecule has 3 heterocycles. The van der Waals surface area contributed by atoms with Gasteiger partial charge in [0.05, 0.1) is 25.3 Å². The SMILES string of the molecule is COc1ccc2c(c1)C=[N+]1CCCCCC[N+]3=Cc4cc(OC)ccc4OC13O2. The molecule has 5 rings (SSSR count). The zero-order valence-electron chi connectivity index (χ0n) is 16.9. The van der Waals surface area contributed by atoms with Gasteiger partial charge in [-0.3, -0.25) is 0 Å². The Labute approximate surface area is 170 Å². The topological polar surface area (TPSA) is 42.9 Å². The van der Waals surface area contributed by atoms with Crippen LogP contribution >= 0.6 is 0 Å². The lowest BCUT2D eigenvalue weighted by Crippen LogP contribution is -2.64. The highest BCUT2D eigenvalue weighted by Crippen LogP contribution is 2.37. The predicted octanol–water partition coefficient (Wildman–Crippen LogP) is 3.24. The van der Waals surface area contributed by atoms with Gasteiger partial charge in [0.25, 0.3) is 0 Å². The van der Waals surface area contributed by atoms with Crippen LogP contribution < -0.4 is 18.9 Å². The number of hydrogen-bond donors (Lipinski definition) is 0. The van der Waals surface area contributed by atoms with Gasteiger partial charge in [0.2, 0.25) is 0 Å². The number of benzene rings is 2. The van der Waals surface area contributed by atoms with Crippen molar-refractivity contribution in [2.45, 2.75) is 31.7 Å². The number of fused-ring (bicyclic) bond motifs is 2. The van der Waals surface area contributed by atoms with E-state index in [-0.39, 0.29) is 0 Å². The summed E-state index contributed by atoms with van der Waals surface area (Å²) < 4.78 is 28.4. The van der Waals surface area contributed by atoms with E-state index in [0.717, 1.165) is 60.1 Å². The molecule has 0 amide bonds. The molecule has 0 saturated carbocycles. The smallest absolute Gasteiger partial charge is 0.497 e. The molecular weight excluding hydrogens is 368 g/mol. The van der Waals surface area contributed by atoms with Crippen LogP contribution in [0.1, 0.15) is 36.8 Å². The Bertz CT molecular complexity index is 930. The standard InChI is InChI=1S/C23H26N2O4/c1-26-19-7-9-21-17(13-19)15-24-11-5-3-4-6-12-25-16-18-14-20(27-2)8-10-22(18)29-23(24,25)28-21/h7-10,13-16H,3-6,11-12H2,1-2H3/q+2. The van der Waals surface area contributed by atoms with Crippen LogP contribution in [0.5, 0.6) is 23.0 Å². The number of nitrogens with zero attached hydrogens (tertiary/aromatic N) is 2. The van der Waals surface area contributed by atoms with Crippen molar-refractivity contribution in [3.8, 4) is 23.0 Å². The molecule has 0 bridgehead atoms. The summed E-state index contributed by atoms with van der Waals surface area (Å²) in [4.78, 5) is 0. The van der Waals surface area contributed by atoms with Gasteiger partial charge < -0.3 is 18.9 Å². The average Bonchev–Trinajstić information content (AvgIpc) is 2.83. The van der Waals surface area contributed by atoms with E-state index < -0.39 is 6.03 Å². The first-order chi connectivity index (χ1) is 14.2. The second kappa shape index (κ2) is 7.10. The highest BCUT2D eigenvalue weighted by Gasteiger charge is 2.63. The molecule has 29 heavy (non-hydrogen) atoms. The molecule has 3 aliphatic heterocycles. The van der Waals surface area contributed by atoms with Gasteiger partial charge in [-0.15, -0.1) is 0 Å². The lowest BCUT2D eigenvalue weighted by molar-refractivity contribution is -0.908. The maximum atomic E-state index is 6.61. The van der Waals surface area contributed by atoms with Crippen molar-refractivity contribution < 1.29 is 28.1 Å². The monoisotopic (exact) mass is 394 g/mol. The van der Waals surface area contributed by atoms with Gasteiger partial charge in [0.1, 0.15) is 11.5 Å². The van der Waals surface area contributed by atoms with Gasteiger partial charge in [-0.2, -0.15) is 0 Å². The summed E-state index contributed by atoms with van der Waals surface area (Å²) in [6.45, 7) is 1.71. The highest BCUT2D eigenvalue weighted by molar-refractivity contribution is 5.83. The third kappa shape index (κ3) is 3.03. The fraction of sp³-hybridized carbons (Fsp3) is 0.391. The van der Waals surface area contributed by atoms with Crippen molar-refractivity contribution in [1.82, 2.24) is 0 Å². The molecule has 0 radical (unpaired) electrons. The lowest BCUT2D eigenvalue weighted by atomic mass is 10.1. The zero-order valence-corrected chi connectivity index (χ0v) is 16.9. The van der Waals surface area contributed by atoms with Crippen molar-refractivity contribution in [3.63, 3.8) is 0 Å². The Balaban J connectivity index is 1.66. The van der Waals surface area contributed by atoms with E-state index in [9.17, 15) is 0 Å². The van der Waals surface area contributed by atoms with Crippen LogP contribution in [-0.4, -0.2) is 54.9 Å². The summed E-state index contributed by atoms with van der Waals surface area (Å²) in [5.74, 6) is 3.21. The molecule has 2 aromatic carbocycles. The molecule has 2 aromatic rings. The van der Waals surface area contributed by atoms with Crippen molar-refractivity contribution in [2.24, 2.45) is 0 Å². The van der Waals surface area contributed by atoms with Gasteiger partial charge in [0.15, 0.2) is 37.0 Å². The van der Waals surface area contributed by atoms with E-state index in [1.165, 1.54) is 12.8 Å². The Hall–Kier alpha value is -3.02. The molecule has 6 heteroatoms. The molecule has 1 spiro atoms. The Morgan fingerprint density at radius 2 is 1.21 bits per heavy atom. The summed E-state index contributed by atoms with van der Waals surface area (Å²) in [5, 5.41) is 0. The van der Waals surface area contributed by atoms with Crippen LogP contribution in [0.15, 0.2) is 36.4 Å². The maximum absolute atomic E-state index is 6.61. The molecule has 6 nitrogen and oxygen atoms in total. The van der Waals surface area contributed by atoms with E-state index in [1.54, 1.807) is 14.2 Å². The van der Waals surface area contributed by atoms with Crippen molar-refractivity contribution in [3.05, 3.63) is 47.5 Å². The Morgan fingerprint density at radius 1 is 0.724 bits per heavy atom. The third-order valence-electron chi connectivity index (χ3n) is 5.78. The quantitative estimate of drug-likeness (QED) is 0.734. The molecular formula is C23H26N2O4+2. The minimum Gasteiger partial charge on any atom is -0.497 e. The number of ether oxygens (including phenoxy) is 4. The Kier molecular flexibility index (Phi) is 4.42. The van der Waals surface area contributed by atoms with Crippen LogP contribution in [-0.2, 0) is 0 Å². The first kappa shape index (κ1) is 18.0. The summed E-state index contributed by atoms with van der Waals surface area (Å²) in [5.41, 5.74) is 2.00. The minimum atomic E-state index is -1.02. The first-order valence-electron chi connectivity index (χ1n) is 10.2. The molecule has 0 atom stereocenters. The molecule has 0 N–H and O–H groups in total. The van der Waals surface area contributed by atoms with Crippen molar-refractivity contribution >= 4 is 12.4 Å². The molecule has 1 fully saturated rings. The Morgan fingerprint density at radius 3 is 1.66 bits per heavy atom. The lowest BCUT2D eigenvalue weighted by Gasteiger charge is -2.31. The number of hydrogen-bond acceptors (Lipinski definition) is 4. The maximum Gasteiger partial charge on any atom is 0.703 e. The second-order valence-electron chi connectivity index (χ2n) is 7.62. The zero-order chi connectivity index (χ0) is 19.8. The molecule has 150 valence electrons. The van der Waals surface area contributed by atoms with Gasteiger partial charge >= 0.3 is 6.03 Å². The first-order valence-corrected chi connectivity index (χ1v) is 10.2. The third-order valence-corrected chi connectivity index (χ3v) is 5.78. The molecule has 3 aliphatic rings. The fourth-order valence-corrected chi connectivity index (χ4v) is 4.23. The van der Waals surface area contributed by atoms with Crippen LogP contribution in [0, 0.1) is 0 Å².